The molecule has 0 aromatic heterocycles. The zero-order valence-electron chi connectivity index (χ0n) is 9.04. The van der Waals surface area contributed by atoms with Crippen molar-refractivity contribution < 1.29 is 8.42 Å². The Morgan fingerprint density at radius 2 is 1.94 bits per heavy atom. The monoisotopic (exact) mass is 268 g/mol. The molecule has 0 unspecified atom stereocenters. The Labute approximate surface area is 104 Å². The van der Waals surface area contributed by atoms with Crippen LogP contribution in [0.3, 0.4) is 0 Å². The summed E-state index contributed by atoms with van der Waals surface area (Å²) in [6, 6.07) is 9.50. The maximum Gasteiger partial charge on any atom is 0.161 e. The molecule has 0 aliphatic carbocycles. The first-order chi connectivity index (χ1) is 8.07. The largest absolute Gasteiger partial charge is 0.316 e. The van der Waals surface area contributed by atoms with E-state index < -0.39 is 9.84 Å². The molecule has 2 saturated heterocycles. The third-order valence-electron chi connectivity index (χ3n) is 3.12. The molecule has 2 aliphatic rings. The van der Waals surface area contributed by atoms with Crippen molar-refractivity contribution in [1.29, 1.82) is 5.41 Å². The summed E-state index contributed by atoms with van der Waals surface area (Å²) in [7, 11) is -2.93. The smallest absolute Gasteiger partial charge is 0.161 e. The number of nitrogens with zero attached hydrogens (tertiary/aromatic N) is 1. The van der Waals surface area contributed by atoms with Gasteiger partial charge in [0.2, 0.25) is 0 Å². The average Bonchev–Trinajstić information content (AvgIpc) is 2.69. The van der Waals surface area contributed by atoms with Crippen molar-refractivity contribution in [2.45, 2.75) is 11.3 Å². The van der Waals surface area contributed by atoms with Gasteiger partial charge in [0, 0.05) is 10.9 Å². The highest BCUT2D eigenvalue weighted by Gasteiger charge is 2.48. The highest BCUT2D eigenvalue weighted by molar-refractivity contribution is 8.15. The van der Waals surface area contributed by atoms with Crippen molar-refractivity contribution in [1.82, 2.24) is 0 Å². The van der Waals surface area contributed by atoms with Gasteiger partial charge in [-0.1, -0.05) is 30.0 Å². The first-order valence-corrected chi connectivity index (χ1v) is 8.07. The van der Waals surface area contributed by atoms with Gasteiger partial charge < -0.3 is 4.90 Å². The molecular weight excluding hydrogens is 256 g/mol. The Balaban J connectivity index is 1.98. The van der Waals surface area contributed by atoms with Gasteiger partial charge in [-0.25, -0.2) is 8.42 Å². The molecule has 2 fully saturated rings. The third-order valence-corrected chi connectivity index (χ3v) is 6.25. The molecule has 0 bridgehead atoms. The van der Waals surface area contributed by atoms with E-state index in [1.165, 1.54) is 11.8 Å². The Morgan fingerprint density at radius 3 is 2.65 bits per heavy atom. The van der Waals surface area contributed by atoms with Crippen molar-refractivity contribution in [3.05, 3.63) is 30.3 Å². The van der Waals surface area contributed by atoms with Gasteiger partial charge in [-0.3, -0.25) is 5.41 Å². The van der Waals surface area contributed by atoms with E-state index in [2.05, 4.69) is 0 Å². The van der Waals surface area contributed by atoms with Gasteiger partial charge in [0.15, 0.2) is 15.0 Å². The van der Waals surface area contributed by atoms with Crippen molar-refractivity contribution >= 4 is 32.5 Å². The summed E-state index contributed by atoms with van der Waals surface area (Å²) in [6.07, 6.45) is 0. The van der Waals surface area contributed by atoms with Crippen LogP contribution < -0.4 is 4.90 Å². The zero-order valence-corrected chi connectivity index (χ0v) is 10.7. The van der Waals surface area contributed by atoms with E-state index in [0.29, 0.717) is 5.17 Å². The van der Waals surface area contributed by atoms with Gasteiger partial charge >= 0.3 is 0 Å². The molecule has 2 aliphatic heterocycles. The minimum Gasteiger partial charge on any atom is -0.316 e. The fraction of sp³-hybridized carbons (Fsp3) is 0.364. The van der Waals surface area contributed by atoms with Crippen LogP contribution in [-0.4, -0.2) is 36.4 Å². The second kappa shape index (κ2) is 3.74. The summed E-state index contributed by atoms with van der Waals surface area (Å²) in [4.78, 5) is 1.85. The number of thioether (sulfide) groups is 1. The summed E-state index contributed by atoms with van der Waals surface area (Å²) < 4.78 is 23.2. The number of amidine groups is 1. The molecular formula is C11H12N2O2S2. The van der Waals surface area contributed by atoms with Crippen LogP contribution in [0.4, 0.5) is 5.69 Å². The number of fused-ring (bicyclic) bond motifs is 1. The van der Waals surface area contributed by atoms with Gasteiger partial charge in [-0.05, 0) is 12.1 Å². The molecule has 17 heavy (non-hydrogen) atoms. The fourth-order valence-electron chi connectivity index (χ4n) is 2.40. The van der Waals surface area contributed by atoms with E-state index >= 15 is 0 Å². The first-order valence-electron chi connectivity index (χ1n) is 5.37. The van der Waals surface area contributed by atoms with Crippen LogP contribution in [0, 0.1) is 5.41 Å². The van der Waals surface area contributed by atoms with Crippen molar-refractivity contribution in [3.63, 3.8) is 0 Å². The molecule has 3 rings (SSSR count). The summed E-state index contributed by atoms with van der Waals surface area (Å²) >= 11 is 1.37. The predicted octanol–water partition coefficient (Wildman–Crippen LogP) is 1.34. The predicted molar refractivity (Wildman–Crippen MR) is 70.5 cm³/mol. The lowest BCUT2D eigenvalue weighted by molar-refractivity contribution is 0.601. The standard InChI is InChI=1S/C11H12N2O2S2/c12-11-13(8-4-2-1-3-5-8)9-6-17(14,15)7-10(9)16-11/h1-5,9-10,12H,6-7H2/t9-,10+/m0/s1. The summed E-state index contributed by atoms with van der Waals surface area (Å²) in [5.74, 6) is 0.371. The molecule has 0 spiro atoms. The number of para-hydroxylation sites is 1. The number of hydrogen-bond donors (Lipinski definition) is 1. The van der Waals surface area contributed by atoms with Crippen LogP contribution in [0.15, 0.2) is 30.3 Å². The fourth-order valence-corrected chi connectivity index (χ4v) is 6.19. The summed E-state index contributed by atoms with van der Waals surface area (Å²) in [5, 5.41) is 8.45. The van der Waals surface area contributed by atoms with Crippen molar-refractivity contribution in [2.24, 2.45) is 0 Å². The number of rotatable bonds is 1. The van der Waals surface area contributed by atoms with Gasteiger partial charge in [-0.2, -0.15) is 0 Å². The minimum absolute atomic E-state index is 0.0210. The number of hydrogen-bond acceptors (Lipinski definition) is 4. The summed E-state index contributed by atoms with van der Waals surface area (Å²) in [5.41, 5.74) is 0.912. The van der Waals surface area contributed by atoms with Crippen molar-refractivity contribution in [3.8, 4) is 0 Å². The molecule has 0 saturated carbocycles. The number of benzene rings is 1. The molecule has 4 nitrogen and oxygen atoms in total. The number of anilines is 1. The van der Waals surface area contributed by atoms with Crippen LogP contribution in [-0.2, 0) is 9.84 Å². The molecule has 2 atom stereocenters. The maximum absolute atomic E-state index is 11.6. The lowest BCUT2D eigenvalue weighted by Gasteiger charge is -2.23. The van der Waals surface area contributed by atoms with Gasteiger partial charge in [-0.15, -0.1) is 0 Å². The third kappa shape index (κ3) is 1.85. The Morgan fingerprint density at radius 1 is 1.24 bits per heavy atom. The van der Waals surface area contributed by atoms with Crippen LogP contribution >= 0.6 is 11.8 Å². The molecule has 0 amide bonds. The molecule has 0 radical (unpaired) electrons. The van der Waals surface area contributed by atoms with Crippen LogP contribution in [0.5, 0.6) is 0 Å². The molecule has 6 heteroatoms. The second-order valence-electron chi connectivity index (χ2n) is 4.31. The molecule has 2 heterocycles. The lowest BCUT2D eigenvalue weighted by atomic mass is 10.2. The van der Waals surface area contributed by atoms with Gasteiger partial charge in [0.1, 0.15) is 0 Å². The van der Waals surface area contributed by atoms with E-state index in [1.807, 2.05) is 35.2 Å². The quantitative estimate of drug-likeness (QED) is 0.835. The Kier molecular flexibility index (Phi) is 2.45. The number of nitrogens with one attached hydrogen (secondary N) is 1. The van der Waals surface area contributed by atoms with Crippen molar-refractivity contribution in [2.75, 3.05) is 16.4 Å². The minimum atomic E-state index is -2.93. The van der Waals surface area contributed by atoms with E-state index in [0.717, 1.165) is 5.69 Å². The van der Waals surface area contributed by atoms with Crippen LogP contribution in [0.2, 0.25) is 0 Å². The van der Waals surface area contributed by atoms with Gasteiger partial charge in [0.05, 0.1) is 17.5 Å². The average molecular weight is 268 g/mol. The Hall–Kier alpha value is -1.01. The lowest BCUT2D eigenvalue weighted by Crippen LogP contribution is -2.37. The van der Waals surface area contributed by atoms with E-state index in [4.69, 9.17) is 5.41 Å². The van der Waals surface area contributed by atoms with E-state index in [9.17, 15) is 8.42 Å². The summed E-state index contributed by atoms with van der Waals surface area (Å²) in [6.45, 7) is 0. The topological polar surface area (TPSA) is 61.2 Å². The molecule has 1 N–H and O–H groups in total. The zero-order chi connectivity index (χ0) is 12.0. The maximum atomic E-state index is 11.6. The number of sulfone groups is 1. The second-order valence-corrected chi connectivity index (χ2v) is 7.69. The first kappa shape index (κ1) is 11.1. The van der Waals surface area contributed by atoms with Crippen LogP contribution in [0.1, 0.15) is 0 Å². The highest BCUT2D eigenvalue weighted by atomic mass is 32.2. The SMILES string of the molecule is N=C1S[C@@H]2CS(=O)(=O)C[C@@H]2N1c1ccccc1. The normalized spacial score (nSPS) is 30.6. The Bertz CT molecular complexity index is 556. The molecule has 1 aromatic rings. The van der Waals surface area contributed by atoms with E-state index in [1.54, 1.807) is 0 Å². The van der Waals surface area contributed by atoms with Crippen LogP contribution in [0.25, 0.3) is 0 Å². The molecule has 90 valence electrons. The highest BCUT2D eigenvalue weighted by Crippen LogP contribution is 2.39. The van der Waals surface area contributed by atoms with E-state index in [-0.39, 0.29) is 22.8 Å². The molecule has 1 aromatic carbocycles. The van der Waals surface area contributed by atoms with Gasteiger partial charge in [0.25, 0.3) is 0 Å².